The van der Waals surface area contributed by atoms with Crippen molar-refractivity contribution in [1.29, 1.82) is 0 Å². The Hall–Kier alpha value is -3.74. The number of aliphatic hydroxyl groups is 1. The molecule has 4 aromatic heterocycles. The number of nitrogen functional groups attached to an aromatic ring is 2. The molecule has 0 amide bonds. The molecule has 13 nitrogen and oxygen atoms in total. The first-order valence-electron chi connectivity index (χ1n) is 10.3. The zero-order valence-electron chi connectivity index (χ0n) is 19.6. The highest BCUT2D eigenvalue weighted by molar-refractivity contribution is 5.90. The summed E-state index contributed by atoms with van der Waals surface area (Å²) in [4.78, 5) is 27.6. The second-order valence-electron chi connectivity index (χ2n) is 9.32. The zero-order chi connectivity index (χ0) is 24.6. The van der Waals surface area contributed by atoms with E-state index < -0.39 is 0 Å². The number of ether oxygens (including phenoxy) is 1. The normalized spacial score (nSPS) is 12.1. The molecule has 13 heteroatoms. The lowest BCUT2D eigenvalue weighted by molar-refractivity contribution is 0.195. The third-order valence-corrected chi connectivity index (χ3v) is 4.61. The summed E-state index contributed by atoms with van der Waals surface area (Å²) in [5.41, 5.74) is 11.9. The Bertz CT molecular complexity index is 1320. The Morgan fingerprint density at radius 3 is 2.06 bits per heavy atom. The van der Waals surface area contributed by atoms with Crippen LogP contribution in [0, 0.1) is 0 Å². The fourth-order valence-corrected chi connectivity index (χ4v) is 3.13. The summed E-state index contributed by atoms with van der Waals surface area (Å²) in [6.07, 6.45) is 2.75. The average molecular weight is 459 g/mol. The molecule has 4 aromatic rings. The van der Waals surface area contributed by atoms with Gasteiger partial charge in [0.1, 0.15) is 41.7 Å². The Morgan fingerprint density at radius 1 is 0.939 bits per heavy atom. The molecule has 0 aliphatic heterocycles. The van der Waals surface area contributed by atoms with Crippen LogP contribution in [-0.4, -0.2) is 57.8 Å². The van der Waals surface area contributed by atoms with Gasteiger partial charge in [0, 0.05) is 0 Å². The van der Waals surface area contributed by atoms with Crippen molar-refractivity contribution in [2.24, 2.45) is 0 Å². The van der Waals surface area contributed by atoms with Crippen LogP contribution in [0.5, 0.6) is 5.88 Å². The number of anilines is 2. The number of aromatic amines is 1. The molecule has 0 bridgehead atoms. The van der Waals surface area contributed by atoms with Gasteiger partial charge in [-0.1, -0.05) is 0 Å². The van der Waals surface area contributed by atoms with Crippen molar-refractivity contribution in [3.63, 3.8) is 0 Å². The predicted molar refractivity (Wildman–Crippen MR) is 125 cm³/mol. The van der Waals surface area contributed by atoms with Crippen LogP contribution in [0.4, 0.5) is 11.6 Å². The van der Waals surface area contributed by atoms with E-state index in [-0.39, 0.29) is 35.7 Å². The maximum atomic E-state index is 11.6. The summed E-state index contributed by atoms with van der Waals surface area (Å²) in [6, 6.07) is 0. The van der Waals surface area contributed by atoms with Crippen LogP contribution < -0.4 is 21.8 Å². The molecule has 0 aliphatic carbocycles. The molecule has 0 saturated heterocycles. The van der Waals surface area contributed by atoms with Gasteiger partial charge < -0.3 is 21.3 Å². The number of aliphatic hydroxyl groups excluding tert-OH is 1. The van der Waals surface area contributed by atoms with Crippen molar-refractivity contribution in [2.45, 2.75) is 52.6 Å². The Labute approximate surface area is 189 Å². The van der Waals surface area contributed by atoms with Gasteiger partial charge in [0.05, 0.1) is 17.7 Å². The van der Waals surface area contributed by atoms with Crippen LogP contribution in [0.15, 0.2) is 17.4 Å². The van der Waals surface area contributed by atoms with Crippen molar-refractivity contribution >= 4 is 33.7 Å². The fraction of sp³-hybridized carbons (Fsp3) is 0.500. The summed E-state index contributed by atoms with van der Waals surface area (Å²) < 4.78 is 8.82. The molecule has 0 aromatic carbocycles. The van der Waals surface area contributed by atoms with Crippen molar-refractivity contribution < 1.29 is 9.84 Å². The second-order valence-corrected chi connectivity index (χ2v) is 9.32. The highest BCUT2D eigenvalue weighted by atomic mass is 16.5. The summed E-state index contributed by atoms with van der Waals surface area (Å²) in [5, 5.41) is 16.8. The number of rotatable bonds is 3. The van der Waals surface area contributed by atoms with E-state index in [4.69, 9.17) is 21.3 Å². The first-order chi connectivity index (χ1) is 15.4. The van der Waals surface area contributed by atoms with Crippen LogP contribution in [-0.2, 0) is 11.1 Å². The van der Waals surface area contributed by atoms with Gasteiger partial charge in [-0.15, -0.1) is 5.10 Å². The standard InChI is InChI=1S/C11H17N5O2.C9H13N5O/c1-11(2,3)16-9-7(8(12)13-6-14-9)10(15-16)18-5-4-17;1-9(2,3)14-7-5(8(15)13-14)6(10)11-4-12-7/h6,17H,4-5H2,1-3H3,(H2,12,13,14);4H,1-3H3,(H,13,15)(H2,10,11,12). The molecule has 178 valence electrons. The molecule has 0 aliphatic rings. The molecule has 0 radical (unpaired) electrons. The summed E-state index contributed by atoms with van der Waals surface area (Å²) in [5.74, 6) is 0.889. The van der Waals surface area contributed by atoms with Crippen LogP contribution in [0.3, 0.4) is 0 Å². The monoisotopic (exact) mass is 458 g/mol. The number of hydrogen-bond donors (Lipinski definition) is 4. The quantitative estimate of drug-likeness (QED) is 0.344. The van der Waals surface area contributed by atoms with Gasteiger partial charge in [-0.25, -0.2) is 24.6 Å². The maximum absolute atomic E-state index is 11.6. The molecule has 0 atom stereocenters. The van der Waals surface area contributed by atoms with Gasteiger partial charge in [-0.2, -0.15) is 0 Å². The number of nitrogens with one attached hydrogen (secondary N) is 1. The van der Waals surface area contributed by atoms with E-state index in [2.05, 4.69) is 30.1 Å². The van der Waals surface area contributed by atoms with Crippen LogP contribution in [0.25, 0.3) is 22.1 Å². The van der Waals surface area contributed by atoms with E-state index in [9.17, 15) is 4.79 Å². The van der Waals surface area contributed by atoms with Crippen molar-refractivity contribution in [2.75, 3.05) is 24.7 Å². The molecule has 0 saturated carbocycles. The lowest BCUT2D eigenvalue weighted by Crippen LogP contribution is -2.24. The minimum atomic E-state index is -0.252. The van der Waals surface area contributed by atoms with E-state index in [0.29, 0.717) is 33.8 Å². The average Bonchev–Trinajstić information content (AvgIpc) is 3.26. The minimum absolute atomic E-state index is 0.0858. The number of H-pyrrole nitrogens is 1. The molecule has 0 spiro atoms. The third kappa shape index (κ3) is 4.72. The SMILES string of the molecule is CC(C)(C)n1[nH]c(=O)c2c(N)ncnc21.CC(C)(C)n1nc(OCCO)c2c(N)ncnc21. The topological polar surface area (TPSA) is 189 Å². The van der Waals surface area contributed by atoms with Gasteiger partial charge >= 0.3 is 0 Å². The largest absolute Gasteiger partial charge is 0.474 e. The van der Waals surface area contributed by atoms with Crippen molar-refractivity contribution in [1.82, 2.24) is 39.5 Å². The van der Waals surface area contributed by atoms with Crippen molar-refractivity contribution in [3.8, 4) is 5.88 Å². The minimum Gasteiger partial charge on any atom is -0.474 e. The number of fused-ring (bicyclic) bond motifs is 2. The van der Waals surface area contributed by atoms with Gasteiger partial charge in [-0.3, -0.25) is 14.6 Å². The Balaban J connectivity index is 0.000000189. The fourth-order valence-electron chi connectivity index (χ4n) is 3.13. The molecule has 0 unspecified atom stereocenters. The zero-order valence-corrected chi connectivity index (χ0v) is 19.6. The van der Waals surface area contributed by atoms with Gasteiger partial charge in [0.2, 0.25) is 5.88 Å². The smallest absolute Gasteiger partial charge is 0.277 e. The molecule has 6 N–H and O–H groups in total. The van der Waals surface area contributed by atoms with E-state index in [1.54, 1.807) is 9.36 Å². The Morgan fingerprint density at radius 2 is 1.52 bits per heavy atom. The molecule has 4 heterocycles. The van der Waals surface area contributed by atoms with Crippen molar-refractivity contribution in [3.05, 3.63) is 23.0 Å². The Kier molecular flexibility index (Phi) is 6.27. The first kappa shape index (κ1) is 23.9. The maximum Gasteiger partial charge on any atom is 0.277 e. The van der Waals surface area contributed by atoms with Gasteiger partial charge in [0.25, 0.3) is 5.56 Å². The summed E-state index contributed by atoms with van der Waals surface area (Å²) in [6.45, 7) is 12.0. The number of nitrogens with zero attached hydrogens (tertiary/aromatic N) is 7. The molecular weight excluding hydrogens is 428 g/mol. The van der Waals surface area contributed by atoms with E-state index in [0.717, 1.165) is 0 Å². The van der Waals surface area contributed by atoms with E-state index in [1.807, 2.05) is 41.5 Å². The number of nitrogens with two attached hydrogens (primary N) is 2. The highest BCUT2D eigenvalue weighted by Gasteiger charge is 2.24. The number of hydrogen-bond acceptors (Lipinski definition) is 10. The van der Waals surface area contributed by atoms with Crippen LogP contribution >= 0.6 is 0 Å². The first-order valence-corrected chi connectivity index (χ1v) is 10.3. The summed E-state index contributed by atoms with van der Waals surface area (Å²) in [7, 11) is 0. The molecule has 0 fully saturated rings. The van der Waals surface area contributed by atoms with E-state index >= 15 is 0 Å². The lowest BCUT2D eigenvalue weighted by Gasteiger charge is -2.20. The third-order valence-electron chi connectivity index (χ3n) is 4.61. The molecular formula is C20H30N10O3. The van der Waals surface area contributed by atoms with Crippen LogP contribution in [0.1, 0.15) is 41.5 Å². The summed E-state index contributed by atoms with van der Waals surface area (Å²) >= 11 is 0. The number of aromatic nitrogens is 8. The lowest BCUT2D eigenvalue weighted by atomic mass is 10.1. The predicted octanol–water partition coefficient (Wildman–Crippen LogP) is 0.991. The highest BCUT2D eigenvalue weighted by Crippen LogP contribution is 2.30. The van der Waals surface area contributed by atoms with Gasteiger partial charge in [-0.05, 0) is 41.5 Å². The second kappa shape index (κ2) is 8.65. The van der Waals surface area contributed by atoms with Crippen LogP contribution in [0.2, 0.25) is 0 Å². The van der Waals surface area contributed by atoms with E-state index in [1.165, 1.54) is 12.7 Å². The molecule has 33 heavy (non-hydrogen) atoms. The van der Waals surface area contributed by atoms with Gasteiger partial charge in [0.15, 0.2) is 11.3 Å². The molecule has 4 rings (SSSR count).